The molecule has 1 aromatic rings. The number of hydrogen-bond donors (Lipinski definition) is 2. The summed E-state index contributed by atoms with van der Waals surface area (Å²) in [5.74, 6) is 0.858. The lowest BCUT2D eigenvalue weighted by Gasteiger charge is -2.21. The van der Waals surface area contributed by atoms with Crippen molar-refractivity contribution in [1.29, 1.82) is 0 Å². The number of amides is 1. The van der Waals surface area contributed by atoms with E-state index in [-0.39, 0.29) is 6.04 Å². The van der Waals surface area contributed by atoms with Crippen LogP contribution in [0.3, 0.4) is 0 Å². The second-order valence-corrected chi connectivity index (χ2v) is 6.06. The molecular weight excluding hydrogens is 268 g/mol. The van der Waals surface area contributed by atoms with Crippen molar-refractivity contribution < 1.29 is 14.3 Å². The molecular formula is C16H26N2O3. The van der Waals surface area contributed by atoms with Gasteiger partial charge >= 0.3 is 6.09 Å². The zero-order valence-corrected chi connectivity index (χ0v) is 13.5. The standard InChI is InChI=1S/C16H26N2O3/c1-12(17-18-15(19)21-16(2,3)4)6-7-13-8-10-14(20-5)11-9-13/h8-12,17H,6-7H2,1-5H3,(H,18,19). The Balaban J connectivity index is 2.27. The van der Waals surface area contributed by atoms with E-state index in [1.807, 2.05) is 52.0 Å². The molecule has 1 rings (SSSR count). The largest absolute Gasteiger partial charge is 0.497 e. The van der Waals surface area contributed by atoms with Gasteiger partial charge in [-0.05, 0) is 58.2 Å². The minimum Gasteiger partial charge on any atom is -0.497 e. The highest BCUT2D eigenvalue weighted by Gasteiger charge is 2.16. The molecule has 1 atom stereocenters. The van der Waals surface area contributed by atoms with Crippen LogP contribution in [0.1, 0.15) is 39.7 Å². The van der Waals surface area contributed by atoms with Crippen LogP contribution in [0.2, 0.25) is 0 Å². The molecule has 1 amide bonds. The summed E-state index contributed by atoms with van der Waals surface area (Å²) in [6, 6.07) is 8.15. The maximum atomic E-state index is 11.5. The number of nitrogens with one attached hydrogen (secondary N) is 2. The molecule has 0 spiro atoms. The topological polar surface area (TPSA) is 59.6 Å². The third kappa shape index (κ3) is 7.56. The predicted molar refractivity (Wildman–Crippen MR) is 83.3 cm³/mol. The van der Waals surface area contributed by atoms with Crippen LogP contribution in [0.25, 0.3) is 0 Å². The monoisotopic (exact) mass is 294 g/mol. The molecule has 0 fully saturated rings. The molecule has 2 N–H and O–H groups in total. The molecule has 1 unspecified atom stereocenters. The zero-order chi connectivity index (χ0) is 15.9. The van der Waals surface area contributed by atoms with Crippen molar-refractivity contribution in [2.45, 2.75) is 52.2 Å². The first-order valence-electron chi connectivity index (χ1n) is 7.17. The number of hydrogen-bond acceptors (Lipinski definition) is 4. The van der Waals surface area contributed by atoms with E-state index >= 15 is 0 Å². The van der Waals surface area contributed by atoms with E-state index in [1.165, 1.54) is 5.56 Å². The number of carbonyl (C=O) groups is 1. The smallest absolute Gasteiger partial charge is 0.422 e. The maximum absolute atomic E-state index is 11.5. The molecule has 0 aliphatic rings. The van der Waals surface area contributed by atoms with Crippen molar-refractivity contribution in [3.63, 3.8) is 0 Å². The third-order valence-corrected chi connectivity index (χ3v) is 2.84. The van der Waals surface area contributed by atoms with Gasteiger partial charge in [-0.25, -0.2) is 10.2 Å². The molecule has 0 saturated heterocycles. The summed E-state index contributed by atoms with van der Waals surface area (Å²) in [6.07, 6.45) is 1.37. The summed E-state index contributed by atoms with van der Waals surface area (Å²) in [5, 5.41) is 0. The number of aryl methyl sites for hydroxylation is 1. The number of rotatable bonds is 6. The Kier molecular flexibility index (Phi) is 6.49. The summed E-state index contributed by atoms with van der Waals surface area (Å²) in [7, 11) is 1.66. The van der Waals surface area contributed by atoms with Crippen LogP contribution in [0.15, 0.2) is 24.3 Å². The van der Waals surface area contributed by atoms with Crippen LogP contribution in [0, 0.1) is 0 Å². The fourth-order valence-corrected chi connectivity index (χ4v) is 1.73. The number of ether oxygens (including phenoxy) is 2. The minimum absolute atomic E-state index is 0.152. The molecule has 0 aromatic heterocycles. The molecule has 0 heterocycles. The third-order valence-electron chi connectivity index (χ3n) is 2.84. The van der Waals surface area contributed by atoms with Crippen LogP contribution in [0.4, 0.5) is 4.79 Å². The Morgan fingerprint density at radius 2 is 1.86 bits per heavy atom. The van der Waals surface area contributed by atoms with Crippen LogP contribution < -0.4 is 15.6 Å². The van der Waals surface area contributed by atoms with Gasteiger partial charge in [0, 0.05) is 6.04 Å². The Bertz CT molecular complexity index is 438. The van der Waals surface area contributed by atoms with Crippen molar-refractivity contribution in [3.05, 3.63) is 29.8 Å². The molecule has 5 nitrogen and oxygen atoms in total. The van der Waals surface area contributed by atoms with Gasteiger partial charge in [0.25, 0.3) is 0 Å². The van der Waals surface area contributed by atoms with Gasteiger partial charge in [-0.15, -0.1) is 0 Å². The van der Waals surface area contributed by atoms with E-state index < -0.39 is 11.7 Å². The van der Waals surface area contributed by atoms with Gasteiger partial charge in [0.2, 0.25) is 0 Å². The second-order valence-electron chi connectivity index (χ2n) is 6.06. The predicted octanol–water partition coefficient (Wildman–Crippen LogP) is 3.05. The van der Waals surface area contributed by atoms with E-state index in [0.717, 1.165) is 18.6 Å². The highest BCUT2D eigenvalue weighted by molar-refractivity contribution is 5.67. The molecule has 21 heavy (non-hydrogen) atoms. The van der Waals surface area contributed by atoms with Gasteiger partial charge in [0.05, 0.1) is 7.11 Å². The van der Waals surface area contributed by atoms with Gasteiger partial charge in [-0.3, -0.25) is 5.43 Å². The summed E-state index contributed by atoms with van der Waals surface area (Å²) < 4.78 is 10.3. The number of methoxy groups -OCH3 is 1. The summed E-state index contributed by atoms with van der Waals surface area (Å²) in [6.45, 7) is 7.51. The lowest BCUT2D eigenvalue weighted by molar-refractivity contribution is 0.0488. The van der Waals surface area contributed by atoms with Gasteiger partial charge in [0.1, 0.15) is 11.4 Å². The van der Waals surface area contributed by atoms with Gasteiger partial charge in [-0.1, -0.05) is 12.1 Å². The van der Waals surface area contributed by atoms with Gasteiger partial charge in [-0.2, -0.15) is 0 Å². The Morgan fingerprint density at radius 1 is 1.24 bits per heavy atom. The van der Waals surface area contributed by atoms with Crippen LogP contribution in [-0.2, 0) is 11.2 Å². The molecule has 0 radical (unpaired) electrons. The first kappa shape index (κ1) is 17.3. The van der Waals surface area contributed by atoms with E-state index in [0.29, 0.717) is 0 Å². The highest BCUT2D eigenvalue weighted by Crippen LogP contribution is 2.13. The lowest BCUT2D eigenvalue weighted by atomic mass is 10.1. The molecule has 5 heteroatoms. The number of benzene rings is 1. The van der Waals surface area contributed by atoms with Crippen molar-refractivity contribution in [2.24, 2.45) is 0 Å². The van der Waals surface area contributed by atoms with Crippen molar-refractivity contribution in [2.75, 3.05) is 7.11 Å². The second kappa shape index (κ2) is 7.88. The first-order chi connectivity index (χ1) is 9.80. The fourth-order valence-electron chi connectivity index (χ4n) is 1.73. The van der Waals surface area contributed by atoms with Crippen molar-refractivity contribution in [3.8, 4) is 5.75 Å². The summed E-state index contributed by atoms with van der Waals surface area (Å²) in [4.78, 5) is 11.5. The Hall–Kier alpha value is -1.75. The average molecular weight is 294 g/mol. The van der Waals surface area contributed by atoms with Crippen LogP contribution in [0.5, 0.6) is 5.75 Å². The van der Waals surface area contributed by atoms with Gasteiger partial charge in [0.15, 0.2) is 0 Å². The maximum Gasteiger partial charge on any atom is 0.422 e. The molecule has 0 saturated carbocycles. The van der Waals surface area contributed by atoms with Crippen LogP contribution in [-0.4, -0.2) is 24.8 Å². The van der Waals surface area contributed by atoms with Crippen LogP contribution >= 0.6 is 0 Å². The average Bonchev–Trinajstić information content (AvgIpc) is 2.41. The number of hydrazine groups is 1. The van der Waals surface area contributed by atoms with Gasteiger partial charge < -0.3 is 9.47 Å². The lowest BCUT2D eigenvalue weighted by Crippen LogP contribution is -2.45. The quantitative estimate of drug-likeness (QED) is 0.792. The van der Waals surface area contributed by atoms with E-state index in [1.54, 1.807) is 7.11 Å². The molecule has 0 aliphatic carbocycles. The van der Waals surface area contributed by atoms with E-state index in [2.05, 4.69) is 10.9 Å². The number of carbonyl (C=O) groups excluding carboxylic acids is 1. The molecule has 0 bridgehead atoms. The fraction of sp³-hybridized carbons (Fsp3) is 0.562. The SMILES string of the molecule is COc1ccc(CCC(C)NNC(=O)OC(C)(C)C)cc1. The molecule has 118 valence electrons. The molecule has 1 aromatic carbocycles. The van der Waals surface area contributed by atoms with Crippen molar-refractivity contribution in [1.82, 2.24) is 10.9 Å². The van der Waals surface area contributed by atoms with E-state index in [9.17, 15) is 4.79 Å². The normalized spacial score (nSPS) is 12.6. The minimum atomic E-state index is -0.488. The zero-order valence-electron chi connectivity index (χ0n) is 13.5. The first-order valence-corrected chi connectivity index (χ1v) is 7.17. The Morgan fingerprint density at radius 3 is 2.38 bits per heavy atom. The highest BCUT2D eigenvalue weighted by atomic mass is 16.6. The van der Waals surface area contributed by atoms with Crippen molar-refractivity contribution >= 4 is 6.09 Å². The summed E-state index contributed by atoms with van der Waals surface area (Å²) >= 11 is 0. The molecule has 0 aliphatic heterocycles. The Labute approximate surface area is 127 Å². The van der Waals surface area contributed by atoms with E-state index in [4.69, 9.17) is 9.47 Å². The summed E-state index contributed by atoms with van der Waals surface area (Å²) in [5.41, 5.74) is 6.26.